The minimum atomic E-state index is -0.740. The molecule has 0 spiro atoms. The molecule has 1 aromatic heterocycles. The van der Waals surface area contributed by atoms with E-state index < -0.39 is 6.10 Å². The summed E-state index contributed by atoms with van der Waals surface area (Å²) in [6, 6.07) is 7.80. The highest BCUT2D eigenvalue weighted by Gasteiger charge is 2.49. The van der Waals surface area contributed by atoms with Crippen molar-refractivity contribution in [2.24, 2.45) is 11.8 Å². The Morgan fingerprint density at radius 2 is 2.24 bits per heavy atom. The molecule has 5 atom stereocenters. The van der Waals surface area contributed by atoms with Crippen LogP contribution in [0.3, 0.4) is 0 Å². The Bertz CT molecular complexity index is 806. The summed E-state index contributed by atoms with van der Waals surface area (Å²) in [6.07, 6.45) is 5.33. The van der Waals surface area contributed by atoms with Crippen LogP contribution in [0, 0.1) is 11.8 Å². The molecule has 0 saturated carbocycles. The van der Waals surface area contributed by atoms with Crippen molar-refractivity contribution < 1.29 is 14.3 Å². The molecule has 0 radical (unpaired) electrons. The molecule has 5 rings (SSSR count). The zero-order valence-electron chi connectivity index (χ0n) is 15.0. The Labute approximate surface area is 149 Å². The summed E-state index contributed by atoms with van der Waals surface area (Å²) in [4.78, 5) is 4.42. The number of rotatable bonds is 4. The molecule has 2 bridgehead atoms. The van der Waals surface area contributed by atoms with E-state index in [1.807, 2.05) is 24.3 Å². The van der Waals surface area contributed by atoms with Gasteiger partial charge in [0.25, 0.3) is 0 Å². The Morgan fingerprint density at radius 1 is 1.40 bits per heavy atom. The Hall–Kier alpha value is -1.91. The molecule has 1 unspecified atom stereocenters. The lowest BCUT2D eigenvalue weighted by Crippen LogP contribution is -2.67. The molecular weight excluding hydrogens is 312 g/mol. The fourth-order valence-electron chi connectivity index (χ4n) is 5.00. The van der Waals surface area contributed by atoms with Gasteiger partial charge in [0.05, 0.1) is 38.8 Å². The van der Waals surface area contributed by atoms with Gasteiger partial charge in [-0.25, -0.2) is 0 Å². The third-order valence-electron chi connectivity index (χ3n) is 6.53. The minimum Gasteiger partial charge on any atom is -0.844 e. The number of pyridine rings is 1. The van der Waals surface area contributed by atoms with E-state index >= 15 is 0 Å². The number of quaternary nitrogens is 1. The number of methoxy groups -OCH3 is 1. The first kappa shape index (κ1) is 16.6. The van der Waals surface area contributed by atoms with Crippen molar-refractivity contribution >= 4 is 10.9 Å². The number of likely N-dealkylation sites (N-methyl/N-ethyl adjacent to an activating group) is 1. The quantitative estimate of drug-likeness (QED) is 0.636. The first-order valence-corrected chi connectivity index (χ1v) is 9.11. The van der Waals surface area contributed by atoms with Crippen LogP contribution >= 0.6 is 0 Å². The van der Waals surface area contributed by atoms with Crippen LogP contribution in [0.2, 0.25) is 0 Å². The molecule has 4 nitrogen and oxygen atoms in total. The minimum absolute atomic E-state index is 0.117. The molecule has 3 aliphatic rings. The van der Waals surface area contributed by atoms with Crippen molar-refractivity contribution in [1.29, 1.82) is 0 Å². The highest BCUT2D eigenvalue weighted by Crippen LogP contribution is 2.45. The van der Waals surface area contributed by atoms with Gasteiger partial charge in [-0.05, 0) is 41.9 Å². The number of hydrogen-bond acceptors (Lipinski definition) is 3. The normalized spacial score (nSPS) is 32.5. The smallest absolute Gasteiger partial charge is 0.119 e. The highest BCUT2D eigenvalue weighted by atomic mass is 16.5. The molecule has 3 fully saturated rings. The first-order valence-electron chi connectivity index (χ1n) is 9.11. The predicted molar refractivity (Wildman–Crippen MR) is 97.2 cm³/mol. The summed E-state index contributed by atoms with van der Waals surface area (Å²) in [5.74, 6) is 1.93. The molecule has 3 aliphatic heterocycles. The van der Waals surface area contributed by atoms with Gasteiger partial charge in [-0.1, -0.05) is 6.08 Å². The van der Waals surface area contributed by atoms with E-state index in [-0.39, 0.29) is 6.04 Å². The fourth-order valence-corrected chi connectivity index (χ4v) is 5.00. The average molecular weight is 338 g/mol. The zero-order valence-corrected chi connectivity index (χ0v) is 15.0. The highest BCUT2D eigenvalue weighted by molar-refractivity contribution is 5.83. The van der Waals surface area contributed by atoms with Gasteiger partial charge in [0.15, 0.2) is 0 Å². The molecule has 1 aromatic carbocycles. The molecule has 2 aromatic rings. The lowest BCUT2D eigenvalue weighted by molar-refractivity contribution is -0.962. The average Bonchev–Trinajstić information content (AvgIpc) is 2.66. The van der Waals surface area contributed by atoms with Crippen LogP contribution in [0.15, 0.2) is 43.1 Å². The van der Waals surface area contributed by atoms with Crippen LogP contribution in [-0.2, 0) is 0 Å². The van der Waals surface area contributed by atoms with Gasteiger partial charge in [0.1, 0.15) is 5.75 Å². The molecule has 4 heteroatoms. The Balaban J connectivity index is 1.73. The second-order valence-electron chi connectivity index (χ2n) is 7.84. The van der Waals surface area contributed by atoms with Crippen molar-refractivity contribution in [3.05, 3.63) is 48.7 Å². The predicted octanol–water partition coefficient (Wildman–Crippen LogP) is 2.69. The number of ether oxygens (including phenoxy) is 1. The van der Waals surface area contributed by atoms with E-state index in [9.17, 15) is 5.11 Å². The number of fused-ring (bicyclic) bond motifs is 4. The van der Waals surface area contributed by atoms with Gasteiger partial charge in [-0.15, -0.1) is 6.58 Å². The van der Waals surface area contributed by atoms with Crippen molar-refractivity contribution in [3.8, 4) is 5.75 Å². The monoisotopic (exact) mass is 338 g/mol. The summed E-state index contributed by atoms with van der Waals surface area (Å²) in [6.45, 7) is 6.16. The van der Waals surface area contributed by atoms with E-state index in [0.29, 0.717) is 11.8 Å². The third-order valence-corrected chi connectivity index (χ3v) is 6.53. The second kappa shape index (κ2) is 6.11. The number of hydrogen-bond donors (Lipinski definition) is 0. The number of aromatic nitrogens is 1. The van der Waals surface area contributed by atoms with Crippen LogP contribution in [0.4, 0.5) is 0 Å². The van der Waals surface area contributed by atoms with Crippen LogP contribution < -0.4 is 9.84 Å². The lowest BCUT2D eigenvalue weighted by atomic mass is 9.72. The molecular formula is C21H26N2O2. The lowest BCUT2D eigenvalue weighted by Gasteiger charge is -2.58. The largest absolute Gasteiger partial charge is 0.844 e. The Morgan fingerprint density at radius 3 is 2.96 bits per heavy atom. The van der Waals surface area contributed by atoms with Crippen LogP contribution in [-0.4, -0.2) is 42.8 Å². The summed E-state index contributed by atoms with van der Waals surface area (Å²) in [5, 5.41) is 14.5. The summed E-state index contributed by atoms with van der Waals surface area (Å²) < 4.78 is 6.23. The number of nitrogens with zero attached hydrogens (tertiary/aromatic N) is 2. The van der Waals surface area contributed by atoms with Crippen molar-refractivity contribution in [2.75, 3.05) is 27.2 Å². The Kier molecular flexibility index (Phi) is 4.05. The molecule has 25 heavy (non-hydrogen) atoms. The van der Waals surface area contributed by atoms with Crippen LogP contribution in [0.25, 0.3) is 10.9 Å². The van der Waals surface area contributed by atoms with E-state index in [0.717, 1.165) is 46.2 Å². The summed E-state index contributed by atoms with van der Waals surface area (Å²) in [5.41, 5.74) is 1.72. The number of piperidine rings is 3. The summed E-state index contributed by atoms with van der Waals surface area (Å²) >= 11 is 0. The third kappa shape index (κ3) is 2.64. The maximum atomic E-state index is 13.6. The maximum Gasteiger partial charge on any atom is 0.119 e. The fraction of sp³-hybridized carbons (Fsp3) is 0.476. The van der Waals surface area contributed by atoms with Crippen molar-refractivity contribution in [1.82, 2.24) is 4.98 Å². The summed E-state index contributed by atoms with van der Waals surface area (Å²) in [7, 11) is 3.91. The van der Waals surface area contributed by atoms with Crippen LogP contribution in [0.5, 0.6) is 5.75 Å². The standard InChI is InChI=1S/C21H26N2O2/c1-4-14-13-23(2)10-8-15(14)11-20(23)21(24)17-7-9-22-19-6-5-16(25-3)12-18(17)19/h4-7,9,12,14-15,20-21H,1,8,10-11,13H2,2-3H3/t14-,15-,20+,21-,23?/m0/s1. The molecule has 0 aliphatic carbocycles. The molecule has 4 heterocycles. The van der Waals surface area contributed by atoms with Gasteiger partial charge >= 0.3 is 0 Å². The van der Waals surface area contributed by atoms with E-state index in [1.54, 1.807) is 13.3 Å². The second-order valence-corrected chi connectivity index (χ2v) is 7.84. The van der Waals surface area contributed by atoms with E-state index in [1.165, 1.54) is 6.42 Å². The van der Waals surface area contributed by atoms with Gasteiger partial charge in [-0.3, -0.25) is 4.98 Å². The molecule has 132 valence electrons. The topological polar surface area (TPSA) is 45.2 Å². The van der Waals surface area contributed by atoms with Crippen molar-refractivity contribution in [3.63, 3.8) is 0 Å². The zero-order chi connectivity index (χ0) is 17.6. The molecule has 3 saturated heterocycles. The first-order chi connectivity index (χ1) is 12.1. The van der Waals surface area contributed by atoms with Gasteiger partial charge < -0.3 is 14.3 Å². The van der Waals surface area contributed by atoms with Gasteiger partial charge in [-0.2, -0.15) is 0 Å². The van der Waals surface area contributed by atoms with Gasteiger partial charge in [0, 0.05) is 30.3 Å². The number of benzene rings is 1. The van der Waals surface area contributed by atoms with E-state index in [2.05, 4.69) is 24.7 Å². The van der Waals surface area contributed by atoms with E-state index in [4.69, 9.17) is 4.74 Å². The SMILES string of the molecule is C=C[C@H]1C[N+]2(C)CC[C@H]1C[C@@H]2[C@@H]([O-])c1ccnc2ccc(OC)cc12. The van der Waals surface area contributed by atoms with Crippen molar-refractivity contribution in [2.45, 2.75) is 25.0 Å². The molecule has 0 N–H and O–H groups in total. The van der Waals surface area contributed by atoms with Crippen LogP contribution in [0.1, 0.15) is 24.5 Å². The molecule has 0 amide bonds. The van der Waals surface area contributed by atoms with Gasteiger partial charge in [0.2, 0.25) is 0 Å². The maximum absolute atomic E-state index is 13.6.